The average Bonchev–Trinajstić information content (AvgIpc) is 3.70. The minimum Gasteiger partial charge on any atom is -0.366 e. The first-order chi connectivity index (χ1) is 19.0. The van der Waals surface area contributed by atoms with Crippen LogP contribution in [0.1, 0.15) is 20.7 Å². The normalized spacial score (nSPS) is 11.4. The van der Waals surface area contributed by atoms with Crippen molar-refractivity contribution in [2.75, 3.05) is 5.32 Å². The van der Waals surface area contributed by atoms with Crippen LogP contribution in [0.5, 0.6) is 0 Å². The van der Waals surface area contributed by atoms with Crippen LogP contribution in [-0.2, 0) is 0 Å². The molecule has 4 N–H and O–H groups in total. The summed E-state index contributed by atoms with van der Waals surface area (Å²) >= 11 is 0. The van der Waals surface area contributed by atoms with E-state index < -0.39 is 5.91 Å². The summed E-state index contributed by atoms with van der Waals surface area (Å²) < 4.78 is 3.94. The van der Waals surface area contributed by atoms with Gasteiger partial charge in [0.15, 0.2) is 0 Å². The molecule has 188 valence electrons. The highest BCUT2D eigenvalue weighted by Crippen LogP contribution is 2.26. The summed E-state index contributed by atoms with van der Waals surface area (Å²) in [4.78, 5) is 27.5. The van der Waals surface area contributed by atoms with Crippen LogP contribution in [0.4, 0.5) is 5.69 Å². The lowest BCUT2D eigenvalue weighted by molar-refractivity contribution is 0.0997. The van der Waals surface area contributed by atoms with Gasteiger partial charge in [-0.2, -0.15) is 5.10 Å². The predicted molar refractivity (Wildman–Crippen MR) is 153 cm³/mol. The number of aromatic amines is 1. The number of H-pyrrole nitrogens is 1. The number of benzene rings is 4. The number of hydrogen-bond donors (Lipinski definition) is 3. The van der Waals surface area contributed by atoms with Gasteiger partial charge < -0.3 is 20.6 Å². The van der Waals surface area contributed by atoms with Crippen LogP contribution in [0.15, 0.2) is 110 Å². The Morgan fingerprint density at radius 3 is 2.36 bits per heavy atom. The number of primary amides is 1. The lowest BCUT2D eigenvalue weighted by Crippen LogP contribution is -2.11. The molecular formula is C31H22N6O2. The van der Waals surface area contributed by atoms with E-state index in [1.54, 1.807) is 18.3 Å². The molecule has 3 aromatic heterocycles. The number of carbonyl (C=O) groups is 2. The molecule has 0 spiro atoms. The summed E-state index contributed by atoms with van der Waals surface area (Å²) in [6, 6.07) is 28.8. The van der Waals surface area contributed by atoms with Crippen molar-refractivity contribution in [2.45, 2.75) is 0 Å². The third-order valence-electron chi connectivity index (χ3n) is 6.99. The largest absolute Gasteiger partial charge is 0.366 e. The zero-order valence-corrected chi connectivity index (χ0v) is 20.6. The third-order valence-corrected chi connectivity index (χ3v) is 6.99. The second kappa shape index (κ2) is 8.74. The van der Waals surface area contributed by atoms with E-state index in [1.807, 2.05) is 95.9 Å². The van der Waals surface area contributed by atoms with Gasteiger partial charge in [0.25, 0.3) is 5.91 Å². The van der Waals surface area contributed by atoms with Crippen molar-refractivity contribution in [3.05, 3.63) is 121 Å². The van der Waals surface area contributed by atoms with Gasteiger partial charge in [0.1, 0.15) is 0 Å². The maximum atomic E-state index is 12.8. The van der Waals surface area contributed by atoms with E-state index in [0.29, 0.717) is 16.8 Å². The Hall–Kier alpha value is -5.63. The quantitative estimate of drug-likeness (QED) is 0.272. The topological polar surface area (TPSA) is 111 Å². The first kappa shape index (κ1) is 22.6. The predicted octanol–water partition coefficient (Wildman–Crippen LogP) is 5.80. The van der Waals surface area contributed by atoms with Gasteiger partial charge in [0, 0.05) is 56.6 Å². The molecule has 7 rings (SSSR count). The number of nitrogens with one attached hydrogen (secondary N) is 2. The van der Waals surface area contributed by atoms with Gasteiger partial charge in [-0.25, -0.2) is 4.68 Å². The monoisotopic (exact) mass is 510 g/mol. The highest BCUT2D eigenvalue weighted by atomic mass is 16.2. The molecule has 0 unspecified atom stereocenters. The molecule has 39 heavy (non-hydrogen) atoms. The molecule has 8 nitrogen and oxygen atoms in total. The van der Waals surface area contributed by atoms with E-state index in [2.05, 4.69) is 20.0 Å². The molecule has 4 aromatic carbocycles. The zero-order valence-electron chi connectivity index (χ0n) is 20.6. The number of nitrogens with zero attached hydrogens (tertiary/aromatic N) is 3. The first-order valence-corrected chi connectivity index (χ1v) is 12.4. The Morgan fingerprint density at radius 1 is 0.744 bits per heavy atom. The number of amides is 2. The molecule has 2 amide bonds. The smallest absolute Gasteiger partial charge is 0.255 e. The summed E-state index contributed by atoms with van der Waals surface area (Å²) in [7, 11) is 0. The fourth-order valence-corrected chi connectivity index (χ4v) is 4.99. The average molecular weight is 511 g/mol. The van der Waals surface area contributed by atoms with Crippen LogP contribution in [0.25, 0.3) is 44.1 Å². The maximum absolute atomic E-state index is 12.8. The second-order valence-electron chi connectivity index (χ2n) is 9.40. The minimum absolute atomic E-state index is 0.163. The standard InChI is InChI=1S/C31H22N6O2/c32-30(38)21-2-9-28-20(16-21)12-14-36(28)25-4-6-26(7-5-25)37-29-10-3-24(17-23(29)18-34-37)35-31(39)22-1-8-27-19(15-22)11-13-33-27/h1-18,33H,(H2,32,38)(H,35,39). The summed E-state index contributed by atoms with van der Waals surface area (Å²) in [5.41, 5.74) is 12.0. The molecule has 8 heteroatoms. The first-order valence-electron chi connectivity index (χ1n) is 12.4. The fourth-order valence-electron chi connectivity index (χ4n) is 4.99. The van der Waals surface area contributed by atoms with Gasteiger partial charge in [-0.3, -0.25) is 9.59 Å². The van der Waals surface area contributed by atoms with Gasteiger partial charge >= 0.3 is 0 Å². The summed E-state index contributed by atoms with van der Waals surface area (Å²) in [5, 5.41) is 10.4. The second-order valence-corrected chi connectivity index (χ2v) is 9.40. The molecule has 0 radical (unpaired) electrons. The van der Waals surface area contributed by atoms with Crippen LogP contribution in [0, 0.1) is 0 Å². The molecule has 0 aliphatic heterocycles. The molecule has 0 aliphatic carbocycles. The van der Waals surface area contributed by atoms with E-state index >= 15 is 0 Å². The number of anilines is 1. The van der Waals surface area contributed by atoms with Crippen molar-refractivity contribution in [1.29, 1.82) is 0 Å². The molecule has 0 aliphatic rings. The Balaban J connectivity index is 1.14. The van der Waals surface area contributed by atoms with E-state index in [1.165, 1.54) is 0 Å². The van der Waals surface area contributed by atoms with Crippen LogP contribution in [-0.4, -0.2) is 31.1 Å². The van der Waals surface area contributed by atoms with E-state index in [0.717, 1.165) is 44.1 Å². The number of rotatable bonds is 5. The number of hydrogen-bond acceptors (Lipinski definition) is 3. The molecule has 0 bridgehead atoms. The van der Waals surface area contributed by atoms with Crippen LogP contribution >= 0.6 is 0 Å². The number of nitrogens with two attached hydrogens (primary N) is 1. The van der Waals surface area contributed by atoms with Gasteiger partial charge in [-0.15, -0.1) is 0 Å². The third kappa shape index (κ3) is 3.91. The van der Waals surface area contributed by atoms with Crippen LogP contribution in [0.2, 0.25) is 0 Å². The van der Waals surface area contributed by atoms with Crippen molar-refractivity contribution < 1.29 is 9.59 Å². The Kier molecular flexibility index (Phi) is 5.06. The van der Waals surface area contributed by atoms with Crippen molar-refractivity contribution in [3.63, 3.8) is 0 Å². The molecule has 7 aromatic rings. The van der Waals surface area contributed by atoms with Crippen molar-refractivity contribution in [1.82, 2.24) is 19.3 Å². The van der Waals surface area contributed by atoms with Gasteiger partial charge in [0.2, 0.25) is 5.91 Å². The van der Waals surface area contributed by atoms with Crippen molar-refractivity contribution in [3.8, 4) is 11.4 Å². The fraction of sp³-hybridized carbons (Fsp3) is 0. The minimum atomic E-state index is -0.440. The lowest BCUT2D eigenvalue weighted by Gasteiger charge is -2.09. The highest BCUT2D eigenvalue weighted by molar-refractivity contribution is 6.07. The van der Waals surface area contributed by atoms with Crippen molar-refractivity contribution >= 4 is 50.2 Å². The SMILES string of the molecule is NC(=O)c1ccc2c(ccn2-c2ccc(-n3ncc4cc(NC(=O)c5ccc6[nH]ccc6c5)ccc43)cc2)c1. The molecule has 0 atom stereocenters. The van der Waals surface area contributed by atoms with Crippen molar-refractivity contribution in [2.24, 2.45) is 5.73 Å². The van der Waals surface area contributed by atoms with Gasteiger partial charge in [-0.1, -0.05) is 0 Å². The molecule has 0 saturated heterocycles. The van der Waals surface area contributed by atoms with Gasteiger partial charge in [-0.05, 0) is 91.0 Å². The molecule has 0 saturated carbocycles. The van der Waals surface area contributed by atoms with E-state index in [4.69, 9.17) is 5.73 Å². The number of carbonyl (C=O) groups excluding carboxylic acids is 2. The van der Waals surface area contributed by atoms with E-state index in [-0.39, 0.29) is 5.91 Å². The van der Waals surface area contributed by atoms with E-state index in [9.17, 15) is 9.59 Å². The lowest BCUT2D eigenvalue weighted by atomic mass is 10.1. The molecule has 0 fully saturated rings. The summed E-state index contributed by atoms with van der Waals surface area (Å²) in [6.45, 7) is 0. The number of fused-ring (bicyclic) bond motifs is 3. The molecular weight excluding hydrogens is 488 g/mol. The van der Waals surface area contributed by atoms with Crippen LogP contribution < -0.4 is 11.1 Å². The summed E-state index contributed by atoms with van der Waals surface area (Å²) in [5.74, 6) is -0.603. The van der Waals surface area contributed by atoms with Gasteiger partial charge in [0.05, 0.1) is 22.9 Å². The highest BCUT2D eigenvalue weighted by Gasteiger charge is 2.11. The van der Waals surface area contributed by atoms with Crippen LogP contribution in [0.3, 0.4) is 0 Å². The zero-order chi connectivity index (χ0) is 26.5. The maximum Gasteiger partial charge on any atom is 0.255 e. The molecule has 3 heterocycles. The Bertz CT molecular complexity index is 2050. The Morgan fingerprint density at radius 2 is 1.51 bits per heavy atom. The summed E-state index contributed by atoms with van der Waals surface area (Å²) in [6.07, 6.45) is 5.62. The Labute approximate surface area is 222 Å². The number of aromatic nitrogens is 4.